The molecule has 1 heterocycles. The molecule has 0 aromatic heterocycles. The van der Waals surface area contributed by atoms with Gasteiger partial charge in [0.05, 0.1) is 18.7 Å². The van der Waals surface area contributed by atoms with Gasteiger partial charge in [0, 0.05) is 28.6 Å². The number of hydrogen-bond acceptors (Lipinski definition) is 5. The molecule has 0 radical (unpaired) electrons. The first kappa shape index (κ1) is 18.5. The van der Waals surface area contributed by atoms with E-state index in [1.54, 1.807) is 25.1 Å². The van der Waals surface area contributed by atoms with E-state index in [0.29, 0.717) is 27.7 Å². The summed E-state index contributed by atoms with van der Waals surface area (Å²) in [6.45, 7) is 1.64. The molecule has 6 heteroatoms. The molecule has 0 amide bonds. The lowest BCUT2D eigenvalue weighted by molar-refractivity contribution is -0.177. The van der Waals surface area contributed by atoms with Crippen LogP contribution in [-0.4, -0.2) is 12.2 Å². The molecule has 1 aliphatic carbocycles. The van der Waals surface area contributed by atoms with Crippen molar-refractivity contribution in [2.45, 2.75) is 13.5 Å². The first-order valence-electron chi connectivity index (χ1n) is 8.64. The first-order valence-corrected chi connectivity index (χ1v) is 9.01. The summed E-state index contributed by atoms with van der Waals surface area (Å²) in [6.07, 6.45) is 0. The highest BCUT2D eigenvalue weighted by molar-refractivity contribution is 6.33. The minimum atomic E-state index is -0.123. The van der Waals surface area contributed by atoms with Crippen LogP contribution in [0.2, 0.25) is 5.02 Å². The van der Waals surface area contributed by atoms with E-state index in [0.717, 1.165) is 27.6 Å². The average Bonchev–Trinajstić information content (AvgIpc) is 2.69. The molecule has 5 nitrogen and oxygen atoms in total. The minimum Gasteiger partial charge on any atom is -0.456 e. The van der Waals surface area contributed by atoms with E-state index in [9.17, 15) is 9.90 Å². The number of aliphatic hydroxyl groups is 1. The Hall–Kier alpha value is -2.86. The molecule has 0 spiro atoms. The van der Waals surface area contributed by atoms with Crippen LogP contribution in [0.4, 0.5) is 0 Å². The molecule has 0 saturated heterocycles. The van der Waals surface area contributed by atoms with Gasteiger partial charge in [-0.2, -0.15) is 4.89 Å². The number of halogens is 1. The van der Waals surface area contributed by atoms with E-state index < -0.39 is 0 Å². The maximum Gasteiger partial charge on any atom is 0.187 e. The quantitative estimate of drug-likeness (QED) is 0.300. The van der Waals surface area contributed by atoms with Gasteiger partial charge in [-0.15, -0.1) is 0 Å². The summed E-state index contributed by atoms with van der Waals surface area (Å²) in [6, 6.07) is 14.2. The molecule has 0 fully saturated rings. The Morgan fingerprint density at radius 1 is 1.11 bits per heavy atom. The molecular formula is C22H17ClO5. The van der Waals surface area contributed by atoms with E-state index in [1.165, 1.54) is 13.2 Å². The van der Waals surface area contributed by atoms with E-state index in [1.807, 2.05) is 24.3 Å². The fourth-order valence-electron chi connectivity index (χ4n) is 3.37. The van der Waals surface area contributed by atoms with Gasteiger partial charge in [0.25, 0.3) is 0 Å². The van der Waals surface area contributed by atoms with Crippen molar-refractivity contribution in [2.24, 2.45) is 0 Å². The van der Waals surface area contributed by atoms with Crippen molar-refractivity contribution in [2.75, 3.05) is 7.11 Å². The molecule has 0 atom stereocenters. The topological polar surface area (TPSA) is 68.9 Å². The number of aliphatic hydroxyl groups excluding tert-OH is 1. The van der Waals surface area contributed by atoms with Crippen molar-refractivity contribution < 1.29 is 19.3 Å². The smallest absolute Gasteiger partial charge is 0.187 e. The van der Waals surface area contributed by atoms with E-state index in [2.05, 4.69) is 0 Å². The monoisotopic (exact) mass is 396 g/mol. The van der Waals surface area contributed by atoms with Crippen LogP contribution < -0.4 is 10.3 Å². The summed E-state index contributed by atoms with van der Waals surface area (Å²) in [5, 5.41) is 10.9. The average molecular weight is 397 g/mol. The second kappa shape index (κ2) is 7.28. The Morgan fingerprint density at radius 3 is 2.64 bits per heavy atom. The summed E-state index contributed by atoms with van der Waals surface area (Å²) in [5.74, 6) is 0.743. The molecule has 28 heavy (non-hydrogen) atoms. The zero-order valence-corrected chi connectivity index (χ0v) is 16.0. The highest BCUT2D eigenvalue weighted by atomic mass is 35.5. The molecule has 0 bridgehead atoms. The van der Waals surface area contributed by atoms with Gasteiger partial charge in [-0.25, -0.2) is 0 Å². The largest absolute Gasteiger partial charge is 0.456 e. The summed E-state index contributed by atoms with van der Waals surface area (Å²) >= 11 is 6.38. The van der Waals surface area contributed by atoms with Crippen LogP contribution in [0.25, 0.3) is 33.4 Å². The van der Waals surface area contributed by atoms with Crippen molar-refractivity contribution in [3.8, 4) is 28.2 Å². The van der Waals surface area contributed by atoms with Gasteiger partial charge < -0.3 is 14.4 Å². The SMILES string of the molecule is COOc1cc2oc3cc(=O)c(C)cc-3c(-c3ccccc3CO)c2cc1Cl. The van der Waals surface area contributed by atoms with Gasteiger partial charge in [-0.1, -0.05) is 35.9 Å². The van der Waals surface area contributed by atoms with E-state index >= 15 is 0 Å². The summed E-state index contributed by atoms with van der Waals surface area (Å²) in [5.41, 5.74) is 4.17. The van der Waals surface area contributed by atoms with Gasteiger partial charge >= 0.3 is 0 Å². The van der Waals surface area contributed by atoms with Crippen LogP contribution in [-0.2, 0) is 11.5 Å². The molecule has 2 aliphatic rings. The van der Waals surface area contributed by atoms with E-state index in [4.69, 9.17) is 25.8 Å². The molecule has 4 rings (SSSR count). The molecule has 0 saturated carbocycles. The Balaban J connectivity index is 2.19. The molecule has 1 aliphatic heterocycles. The van der Waals surface area contributed by atoms with Crippen LogP contribution >= 0.6 is 11.6 Å². The number of hydrogen-bond donors (Lipinski definition) is 1. The normalized spacial score (nSPS) is 11.3. The van der Waals surface area contributed by atoms with Crippen LogP contribution in [0.3, 0.4) is 0 Å². The fourth-order valence-corrected chi connectivity index (χ4v) is 3.57. The third-order valence-corrected chi connectivity index (χ3v) is 5.00. The number of benzene rings is 3. The van der Waals surface area contributed by atoms with Gasteiger partial charge in [0.15, 0.2) is 11.2 Å². The molecule has 2 aromatic carbocycles. The van der Waals surface area contributed by atoms with Crippen molar-refractivity contribution >= 4 is 22.6 Å². The minimum absolute atomic E-state index is 0.112. The molecule has 2 aromatic rings. The Kier molecular flexibility index (Phi) is 4.81. The summed E-state index contributed by atoms with van der Waals surface area (Å²) in [4.78, 5) is 22.0. The van der Waals surface area contributed by atoms with Crippen molar-refractivity contribution in [3.63, 3.8) is 0 Å². The lowest BCUT2D eigenvalue weighted by Crippen LogP contribution is -2.06. The highest BCUT2D eigenvalue weighted by Gasteiger charge is 2.21. The zero-order valence-electron chi connectivity index (χ0n) is 15.3. The van der Waals surface area contributed by atoms with E-state index in [-0.39, 0.29) is 12.0 Å². The van der Waals surface area contributed by atoms with Gasteiger partial charge in [0.1, 0.15) is 11.3 Å². The maximum absolute atomic E-state index is 12.2. The third kappa shape index (κ3) is 3.03. The fraction of sp³-hybridized carbons (Fsp3) is 0.136. The predicted octanol–water partition coefficient (Wildman–Crippen LogP) is 4.96. The summed E-state index contributed by atoms with van der Waals surface area (Å²) < 4.78 is 6.00. The Morgan fingerprint density at radius 2 is 1.89 bits per heavy atom. The standard InChI is InChI=1S/C22H17ClO5/c1-12-7-15-19(9-18(12)25)27-20-10-21(28-26-2)17(23)8-16(20)22(15)14-6-4-3-5-13(14)11-24/h3-10,24H,11H2,1-2H3. The van der Waals surface area contributed by atoms with Gasteiger partial charge in [0.2, 0.25) is 0 Å². The molecule has 0 unspecified atom stereocenters. The number of fused-ring (bicyclic) bond motifs is 2. The Labute approximate surface area is 166 Å². The van der Waals surface area contributed by atoms with Crippen LogP contribution in [0, 0.1) is 6.92 Å². The van der Waals surface area contributed by atoms with Crippen molar-refractivity contribution in [3.05, 3.63) is 74.9 Å². The second-order valence-corrected chi connectivity index (χ2v) is 6.84. The van der Waals surface area contributed by atoms with Crippen LogP contribution in [0.5, 0.6) is 5.75 Å². The predicted molar refractivity (Wildman–Crippen MR) is 108 cm³/mol. The van der Waals surface area contributed by atoms with Crippen LogP contribution in [0.15, 0.2) is 57.7 Å². The lowest BCUT2D eigenvalue weighted by Gasteiger charge is -2.18. The number of aryl methyl sites for hydroxylation is 1. The van der Waals surface area contributed by atoms with Crippen LogP contribution in [0.1, 0.15) is 11.1 Å². The lowest BCUT2D eigenvalue weighted by atomic mass is 9.90. The first-order chi connectivity index (χ1) is 13.5. The van der Waals surface area contributed by atoms with Gasteiger partial charge in [-0.3, -0.25) is 4.79 Å². The summed E-state index contributed by atoms with van der Waals surface area (Å²) in [7, 11) is 1.38. The molecular weight excluding hydrogens is 380 g/mol. The third-order valence-electron chi connectivity index (χ3n) is 4.70. The zero-order chi connectivity index (χ0) is 19.8. The molecule has 142 valence electrons. The highest BCUT2D eigenvalue weighted by Crippen LogP contribution is 2.44. The second-order valence-electron chi connectivity index (χ2n) is 6.43. The maximum atomic E-state index is 12.2. The molecule has 1 N–H and O–H groups in total. The van der Waals surface area contributed by atoms with Gasteiger partial charge in [-0.05, 0) is 35.7 Å². The number of rotatable bonds is 4. The van der Waals surface area contributed by atoms with Crippen molar-refractivity contribution in [1.82, 2.24) is 0 Å². The van der Waals surface area contributed by atoms with Crippen molar-refractivity contribution in [1.29, 1.82) is 0 Å². The Bertz CT molecular complexity index is 1210.